The number of unbranched alkanes of at least 4 members (excludes halogenated alkanes) is 1. The average Bonchev–Trinajstić information content (AvgIpc) is 2.69. The summed E-state index contributed by atoms with van der Waals surface area (Å²) in [6, 6.07) is 7.67. The Morgan fingerprint density at radius 1 is 1.35 bits per heavy atom. The van der Waals surface area contributed by atoms with Crippen LogP contribution >= 0.6 is 0 Å². The van der Waals surface area contributed by atoms with E-state index in [-0.39, 0.29) is 6.61 Å². The number of nitrogens with zero attached hydrogens (tertiary/aromatic N) is 1. The van der Waals surface area contributed by atoms with Crippen LogP contribution in [0, 0.1) is 0 Å². The van der Waals surface area contributed by atoms with Gasteiger partial charge in [-0.15, -0.1) is 0 Å². The number of aliphatic hydroxyl groups excluding tert-OH is 1. The van der Waals surface area contributed by atoms with Crippen molar-refractivity contribution >= 4 is 11.7 Å². The Labute approximate surface area is 100 Å². The Bertz CT molecular complexity index is 405. The largest absolute Gasteiger partial charge is 0.481 e. The molecule has 0 fully saturated rings. The lowest BCUT2D eigenvalue weighted by Gasteiger charge is -2.19. The maximum atomic E-state index is 11.2. The van der Waals surface area contributed by atoms with Crippen molar-refractivity contribution in [3.8, 4) is 0 Å². The van der Waals surface area contributed by atoms with Gasteiger partial charge in [0.2, 0.25) is 0 Å². The van der Waals surface area contributed by atoms with Crippen LogP contribution in [0.3, 0.4) is 0 Å². The van der Waals surface area contributed by atoms with Crippen LogP contribution in [0.15, 0.2) is 24.3 Å². The van der Waals surface area contributed by atoms with E-state index in [1.54, 1.807) is 0 Å². The summed E-state index contributed by atoms with van der Waals surface area (Å²) in [7, 11) is 0. The molecule has 0 saturated carbocycles. The molecule has 1 aliphatic rings. The van der Waals surface area contributed by atoms with E-state index in [0.717, 1.165) is 30.6 Å². The lowest BCUT2D eigenvalue weighted by molar-refractivity contribution is -0.138. The molecule has 1 atom stereocenters. The lowest BCUT2D eigenvalue weighted by Crippen LogP contribution is -2.25. The molecule has 0 aromatic heterocycles. The maximum absolute atomic E-state index is 11.2. The zero-order valence-corrected chi connectivity index (χ0v) is 9.67. The molecule has 1 unspecified atom stereocenters. The molecule has 1 aliphatic heterocycles. The van der Waals surface area contributed by atoms with Crippen molar-refractivity contribution in [2.75, 3.05) is 24.6 Å². The minimum atomic E-state index is -0.762. The summed E-state index contributed by atoms with van der Waals surface area (Å²) >= 11 is 0. The van der Waals surface area contributed by atoms with Gasteiger partial charge in [0.15, 0.2) is 0 Å². The van der Waals surface area contributed by atoms with E-state index < -0.39 is 11.9 Å². The van der Waals surface area contributed by atoms with Crippen LogP contribution in [-0.4, -0.2) is 35.9 Å². The molecule has 2 rings (SSSR count). The van der Waals surface area contributed by atoms with Crippen LogP contribution in [-0.2, 0) is 4.79 Å². The van der Waals surface area contributed by atoms with Crippen molar-refractivity contribution in [3.05, 3.63) is 29.8 Å². The summed E-state index contributed by atoms with van der Waals surface area (Å²) in [5, 5.41) is 17.9. The van der Waals surface area contributed by atoms with Gasteiger partial charge in [-0.2, -0.15) is 0 Å². The second-order valence-corrected chi connectivity index (χ2v) is 4.33. The highest BCUT2D eigenvalue weighted by molar-refractivity contribution is 5.82. The topological polar surface area (TPSA) is 60.8 Å². The van der Waals surface area contributed by atoms with Crippen molar-refractivity contribution in [1.29, 1.82) is 0 Å². The van der Waals surface area contributed by atoms with E-state index in [2.05, 4.69) is 4.90 Å². The molecular formula is C13H17NO3. The number of benzene rings is 1. The number of para-hydroxylation sites is 1. The van der Waals surface area contributed by atoms with Crippen molar-refractivity contribution in [2.24, 2.45) is 0 Å². The number of fused-ring (bicyclic) bond motifs is 1. The van der Waals surface area contributed by atoms with Gasteiger partial charge < -0.3 is 15.1 Å². The number of hydrogen-bond acceptors (Lipinski definition) is 3. The average molecular weight is 235 g/mol. The van der Waals surface area contributed by atoms with Gasteiger partial charge >= 0.3 is 5.97 Å². The minimum absolute atomic E-state index is 0.192. The van der Waals surface area contributed by atoms with Gasteiger partial charge in [0.25, 0.3) is 0 Å². The molecule has 1 aromatic carbocycles. The Morgan fingerprint density at radius 3 is 2.82 bits per heavy atom. The first-order chi connectivity index (χ1) is 8.24. The molecule has 92 valence electrons. The van der Waals surface area contributed by atoms with Crippen molar-refractivity contribution in [3.63, 3.8) is 0 Å². The summed E-state index contributed by atoms with van der Waals surface area (Å²) in [6.07, 6.45) is 1.65. The van der Waals surface area contributed by atoms with Crippen molar-refractivity contribution in [2.45, 2.75) is 18.8 Å². The molecule has 4 heteroatoms. The number of carboxylic acids is 1. The smallest absolute Gasteiger partial charge is 0.312 e. The van der Waals surface area contributed by atoms with Crippen LogP contribution in [0.4, 0.5) is 5.69 Å². The van der Waals surface area contributed by atoms with Gasteiger partial charge in [0.1, 0.15) is 5.92 Å². The fourth-order valence-corrected chi connectivity index (χ4v) is 2.32. The van der Waals surface area contributed by atoms with E-state index in [9.17, 15) is 9.90 Å². The van der Waals surface area contributed by atoms with Gasteiger partial charge in [-0.3, -0.25) is 4.79 Å². The fraction of sp³-hybridized carbons (Fsp3) is 0.462. The predicted molar refractivity (Wildman–Crippen MR) is 65.4 cm³/mol. The molecule has 0 saturated heterocycles. The van der Waals surface area contributed by atoms with E-state index in [1.807, 2.05) is 24.3 Å². The maximum Gasteiger partial charge on any atom is 0.312 e. The van der Waals surface area contributed by atoms with Crippen LogP contribution in [0.1, 0.15) is 24.3 Å². The van der Waals surface area contributed by atoms with Gasteiger partial charge in [-0.05, 0) is 24.5 Å². The first kappa shape index (κ1) is 11.9. The molecule has 4 nitrogen and oxygen atoms in total. The second-order valence-electron chi connectivity index (χ2n) is 4.33. The van der Waals surface area contributed by atoms with E-state index in [4.69, 9.17) is 5.11 Å². The number of anilines is 1. The zero-order valence-electron chi connectivity index (χ0n) is 9.67. The molecular weight excluding hydrogens is 218 g/mol. The van der Waals surface area contributed by atoms with Crippen LogP contribution in [0.2, 0.25) is 0 Å². The highest BCUT2D eigenvalue weighted by atomic mass is 16.4. The van der Waals surface area contributed by atoms with E-state index in [1.165, 1.54) is 0 Å². The molecule has 0 radical (unpaired) electrons. The van der Waals surface area contributed by atoms with Crippen LogP contribution < -0.4 is 4.90 Å². The molecule has 0 spiro atoms. The van der Waals surface area contributed by atoms with Gasteiger partial charge in [-0.1, -0.05) is 18.2 Å². The molecule has 1 aromatic rings. The van der Waals surface area contributed by atoms with Gasteiger partial charge in [0, 0.05) is 25.4 Å². The predicted octanol–water partition coefficient (Wildman–Crippen LogP) is 1.45. The van der Waals surface area contributed by atoms with E-state index >= 15 is 0 Å². The molecule has 2 N–H and O–H groups in total. The third kappa shape index (κ3) is 2.42. The molecule has 0 bridgehead atoms. The third-order valence-electron chi connectivity index (χ3n) is 3.19. The SMILES string of the molecule is O=C(O)C1CN(CCCCO)c2ccccc21. The standard InChI is InChI=1S/C13H17NO3/c15-8-4-3-7-14-9-11(13(16)17)10-5-1-2-6-12(10)14/h1-2,5-6,11,15H,3-4,7-9H2,(H,16,17). The number of carboxylic acid groups (broad SMARTS) is 1. The summed E-state index contributed by atoms with van der Waals surface area (Å²) in [5.74, 6) is -1.18. The number of hydrogen-bond donors (Lipinski definition) is 2. The lowest BCUT2D eigenvalue weighted by atomic mass is 10.0. The molecule has 0 aliphatic carbocycles. The first-order valence-electron chi connectivity index (χ1n) is 5.91. The third-order valence-corrected chi connectivity index (χ3v) is 3.19. The Kier molecular flexibility index (Phi) is 3.64. The Balaban J connectivity index is 2.14. The Hall–Kier alpha value is -1.55. The summed E-state index contributed by atoms with van der Waals surface area (Å²) in [5.41, 5.74) is 1.93. The van der Waals surface area contributed by atoms with E-state index in [0.29, 0.717) is 6.54 Å². The van der Waals surface area contributed by atoms with Crippen LogP contribution in [0.25, 0.3) is 0 Å². The van der Waals surface area contributed by atoms with Crippen molar-refractivity contribution < 1.29 is 15.0 Å². The first-order valence-corrected chi connectivity index (χ1v) is 5.91. The summed E-state index contributed by atoms with van der Waals surface area (Å²) in [6.45, 7) is 1.54. The Morgan fingerprint density at radius 2 is 2.12 bits per heavy atom. The van der Waals surface area contributed by atoms with Gasteiger partial charge in [0.05, 0.1) is 0 Å². The van der Waals surface area contributed by atoms with Crippen molar-refractivity contribution in [1.82, 2.24) is 0 Å². The molecule has 0 amide bonds. The number of aliphatic hydroxyl groups is 1. The summed E-state index contributed by atoms with van der Waals surface area (Å²) in [4.78, 5) is 13.3. The van der Waals surface area contributed by atoms with Crippen LogP contribution in [0.5, 0.6) is 0 Å². The number of rotatable bonds is 5. The monoisotopic (exact) mass is 235 g/mol. The highest BCUT2D eigenvalue weighted by Crippen LogP contribution is 2.36. The zero-order chi connectivity index (χ0) is 12.3. The quantitative estimate of drug-likeness (QED) is 0.758. The fourth-order valence-electron chi connectivity index (χ4n) is 2.32. The summed E-state index contributed by atoms with van der Waals surface area (Å²) < 4.78 is 0. The molecule has 1 heterocycles. The second kappa shape index (κ2) is 5.19. The highest BCUT2D eigenvalue weighted by Gasteiger charge is 2.32. The van der Waals surface area contributed by atoms with Gasteiger partial charge in [-0.25, -0.2) is 0 Å². The number of carbonyl (C=O) groups is 1. The molecule has 17 heavy (non-hydrogen) atoms. The number of aliphatic carboxylic acids is 1. The minimum Gasteiger partial charge on any atom is -0.481 e. The normalized spacial score (nSPS) is 18.2.